The van der Waals surface area contributed by atoms with E-state index in [0.717, 1.165) is 11.1 Å². The van der Waals surface area contributed by atoms with E-state index in [2.05, 4.69) is 0 Å². The summed E-state index contributed by atoms with van der Waals surface area (Å²) < 4.78 is 11.7. The molecule has 1 heterocycles. The lowest BCUT2D eigenvalue weighted by atomic mass is 10.1. The number of carbonyl (C=O) groups excluding carboxylic acids is 1. The van der Waals surface area contributed by atoms with Gasteiger partial charge in [0, 0.05) is 5.56 Å². The van der Waals surface area contributed by atoms with Gasteiger partial charge in [-0.1, -0.05) is 66.4 Å². The molecule has 6 heteroatoms. The van der Waals surface area contributed by atoms with Crippen molar-refractivity contribution in [3.63, 3.8) is 0 Å². The first-order valence-corrected chi connectivity index (χ1v) is 9.91. The zero-order valence-corrected chi connectivity index (χ0v) is 17.1. The van der Waals surface area contributed by atoms with Gasteiger partial charge >= 0.3 is 0 Å². The number of hydrogen-bond acceptors (Lipinski definition) is 5. The smallest absolute Gasteiger partial charge is 0.266 e. The molecule has 0 spiro atoms. The van der Waals surface area contributed by atoms with Crippen molar-refractivity contribution in [3.05, 3.63) is 64.6 Å². The lowest BCUT2D eigenvalue weighted by Crippen LogP contribution is -2.30. The number of ether oxygens (including phenoxy) is 2. The second kappa shape index (κ2) is 8.59. The summed E-state index contributed by atoms with van der Waals surface area (Å²) in [4.78, 5) is 15.3. The van der Waals surface area contributed by atoms with Crippen molar-refractivity contribution in [2.75, 3.05) is 13.7 Å². The minimum atomic E-state index is -0.124. The third-order valence-corrected chi connectivity index (χ3v) is 5.63. The van der Waals surface area contributed by atoms with E-state index in [4.69, 9.17) is 21.7 Å². The fraction of sp³-hybridized carbons (Fsp3) is 0.238. The van der Waals surface area contributed by atoms with Crippen molar-refractivity contribution in [3.8, 4) is 11.5 Å². The van der Waals surface area contributed by atoms with Gasteiger partial charge in [-0.05, 0) is 31.6 Å². The maximum absolute atomic E-state index is 13.0. The van der Waals surface area contributed by atoms with E-state index in [9.17, 15) is 4.79 Å². The molecular formula is C21H21NO3S2. The molecule has 0 bridgehead atoms. The summed E-state index contributed by atoms with van der Waals surface area (Å²) in [5.41, 5.74) is 1.84. The fourth-order valence-electron chi connectivity index (χ4n) is 2.94. The highest BCUT2D eigenvalue weighted by Crippen LogP contribution is 2.40. The molecule has 140 valence electrons. The number of hydrogen-bond donors (Lipinski definition) is 0. The third kappa shape index (κ3) is 4.01. The Balaban J connectivity index is 1.93. The van der Waals surface area contributed by atoms with Crippen molar-refractivity contribution < 1.29 is 14.3 Å². The number of para-hydroxylation sites is 1. The van der Waals surface area contributed by atoms with Crippen molar-refractivity contribution in [2.24, 2.45) is 0 Å². The molecular weight excluding hydrogens is 378 g/mol. The van der Waals surface area contributed by atoms with E-state index in [-0.39, 0.29) is 11.9 Å². The van der Waals surface area contributed by atoms with E-state index < -0.39 is 0 Å². The van der Waals surface area contributed by atoms with Gasteiger partial charge in [0.15, 0.2) is 11.5 Å². The zero-order valence-electron chi connectivity index (χ0n) is 15.5. The Morgan fingerprint density at radius 1 is 1.19 bits per heavy atom. The molecule has 0 radical (unpaired) electrons. The van der Waals surface area contributed by atoms with Crippen LogP contribution in [-0.2, 0) is 4.79 Å². The van der Waals surface area contributed by atoms with E-state index in [0.29, 0.717) is 27.3 Å². The van der Waals surface area contributed by atoms with Gasteiger partial charge in [-0.15, -0.1) is 0 Å². The fourth-order valence-corrected chi connectivity index (χ4v) is 4.35. The minimum absolute atomic E-state index is 0.0911. The lowest BCUT2D eigenvalue weighted by molar-refractivity contribution is -0.123. The van der Waals surface area contributed by atoms with E-state index in [1.807, 2.05) is 68.5 Å². The first kappa shape index (κ1) is 19.5. The molecule has 0 saturated carbocycles. The lowest BCUT2D eigenvalue weighted by Gasteiger charge is -2.23. The number of nitrogens with zero attached hydrogens (tertiary/aromatic N) is 1. The standard InChI is InChI=1S/C21H21NO3S2/c1-4-25-19-16(11-8-12-17(19)24-3)13-18-20(23)22(21(26)27-18)14(2)15-9-6-5-7-10-15/h5-14H,4H2,1-3H3. The Bertz CT molecular complexity index is 880. The maximum atomic E-state index is 13.0. The second-order valence-electron chi connectivity index (χ2n) is 5.95. The van der Waals surface area contributed by atoms with Gasteiger partial charge in [0.25, 0.3) is 5.91 Å². The topological polar surface area (TPSA) is 38.8 Å². The molecule has 1 unspecified atom stereocenters. The van der Waals surface area contributed by atoms with E-state index in [1.54, 1.807) is 12.0 Å². The Morgan fingerprint density at radius 3 is 2.59 bits per heavy atom. The van der Waals surface area contributed by atoms with Gasteiger partial charge in [0.05, 0.1) is 24.7 Å². The quantitative estimate of drug-likeness (QED) is 0.502. The number of carbonyl (C=O) groups is 1. The molecule has 2 aromatic carbocycles. The molecule has 1 aliphatic rings. The van der Waals surface area contributed by atoms with Crippen molar-refractivity contribution >= 4 is 40.3 Å². The SMILES string of the molecule is CCOc1c(C=C2SC(=S)N(C(C)c3ccccc3)C2=O)cccc1OC. The number of methoxy groups -OCH3 is 1. The van der Waals surface area contributed by atoms with Crippen LogP contribution < -0.4 is 9.47 Å². The predicted octanol–water partition coefficient (Wildman–Crippen LogP) is 5.06. The highest BCUT2D eigenvalue weighted by molar-refractivity contribution is 8.26. The molecule has 1 atom stereocenters. The Kier molecular flexibility index (Phi) is 6.19. The molecule has 27 heavy (non-hydrogen) atoms. The molecule has 2 aromatic rings. The first-order valence-electron chi connectivity index (χ1n) is 8.68. The normalized spacial score (nSPS) is 16.7. The maximum Gasteiger partial charge on any atom is 0.266 e. The summed E-state index contributed by atoms with van der Waals surface area (Å²) in [7, 11) is 1.60. The Hall–Kier alpha value is -2.31. The van der Waals surface area contributed by atoms with Crippen molar-refractivity contribution in [2.45, 2.75) is 19.9 Å². The van der Waals surface area contributed by atoms with Crippen LogP contribution in [0.4, 0.5) is 0 Å². The van der Waals surface area contributed by atoms with Crippen LogP contribution >= 0.6 is 24.0 Å². The van der Waals surface area contributed by atoms with Crippen LogP contribution in [0.2, 0.25) is 0 Å². The van der Waals surface area contributed by atoms with E-state index in [1.165, 1.54) is 11.8 Å². The van der Waals surface area contributed by atoms with Gasteiger partial charge in [0.2, 0.25) is 0 Å². The van der Waals surface area contributed by atoms with Crippen LogP contribution in [0.3, 0.4) is 0 Å². The summed E-state index contributed by atoms with van der Waals surface area (Å²) in [5.74, 6) is 1.18. The van der Waals surface area contributed by atoms with Crippen LogP contribution in [0.5, 0.6) is 11.5 Å². The Morgan fingerprint density at radius 2 is 1.93 bits per heavy atom. The second-order valence-corrected chi connectivity index (χ2v) is 7.63. The largest absolute Gasteiger partial charge is 0.493 e. The number of rotatable bonds is 6. The van der Waals surface area contributed by atoms with E-state index >= 15 is 0 Å². The monoisotopic (exact) mass is 399 g/mol. The van der Waals surface area contributed by atoms with Crippen LogP contribution in [0, 0.1) is 0 Å². The van der Waals surface area contributed by atoms with Crippen LogP contribution in [0.25, 0.3) is 6.08 Å². The molecule has 0 N–H and O–H groups in total. The van der Waals surface area contributed by atoms with Crippen LogP contribution in [0.1, 0.15) is 31.0 Å². The number of thioether (sulfide) groups is 1. The minimum Gasteiger partial charge on any atom is -0.493 e. The van der Waals surface area contributed by atoms with Gasteiger partial charge in [-0.2, -0.15) is 0 Å². The highest BCUT2D eigenvalue weighted by Gasteiger charge is 2.36. The number of amides is 1. The highest BCUT2D eigenvalue weighted by atomic mass is 32.2. The predicted molar refractivity (Wildman–Crippen MR) is 114 cm³/mol. The van der Waals surface area contributed by atoms with Crippen molar-refractivity contribution in [1.82, 2.24) is 4.90 Å². The Labute approximate surface area is 169 Å². The third-order valence-electron chi connectivity index (χ3n) is 4.30. The van der Waals surface area contributed by atoms with Gasteiger partial charge in [-0.3, -0.25) is 9.69 Å². The van der Waals surface area contributed by atoms with Gasteiger partial charge in [-0.25, -0.2) is 0 Å². The molecule has 1 fully saturated rings. The average molecular weight is 400 g/mol. The summed E-state index contributed by atoms with van der Waals surface area (Å²) in [6, 6.07) is 15.4. The number of thiocarbonyl (C=S) groups is 1. The van der Waals surface area contributed by atoms with Gasteiger partial charge < -0.3 is 9.47 Å². The zero-order chi connectivity index (χ0) is 19.4. The molecule has 3 rings (SSSR count). The van der Waals surface area contributed by atoms with Crippen molar-refractivity contribution in [1.29, 1.82) is 0 Å². The molecule has 1 amide bonds. The average Bonchev–Trinajstić information content (AvgIpc) is 2.96. The molecule has 0 aliphatic carbocycles. The first-order chi connectivity index (χ1) is 13.1. The summed E-state index contributed by atoms with van der Waals surface area (Å²) >= 11 is 6.80. The summed E-state index contributed by atoms with van der Waals surface area (Å²) in [6.45, 7) is 4.41. The van der Waals surface area contributed by atoms with Crippen LogP contribution in [-0.4, -0.2) is 28.8 Å². The molecule has 1 aliphatic heterocycles. The molecule has 1 saturated heterocycles. The molecule has 0 aromatic heterocycles. The summed E-state index contributed by atoms with van der Waals surface area (Å²) in [5, 5.41) is 0. The van der Waals surface area contributed by atoms with Gasteiger partial charge in [0.1, 0.15) is 4.32 Å². The summed E-state index contributed by atoms with van der Waals surface area (Å²) in [6.07, 6.45) is 1.82. The number of benzene rings is 2. The van der Waals surface area contributed by atoms with Crippen LogP contribution in [0.15, 0.2) is 53.4 Å². The molecule has 4 nitrogen and oxygen atoms in total.